The van der Waals surface area contributed by atoms with Crippen molar-refractivity contribution in [1.82, 2.24) is 4.90 Å². The summed E-state index contributed by atoms with van der Waals surface area (Å²) in [5, 5.41) is 9.79. The number of amides is 2. The molecule has 1 unspecified atom stereocenters. The first-order valence-electron chi connectivity index (χ1n) is 10.4. The number of aliphatic carboxylic acids is 1. The van der Waals surface area contributed by atoms with E-state index in [1.165, 1.54) is 12.1 Å². The Kier molecular flexibility index (Phi) is 8.31. The number of nitrogens with two attached hydrogens (primary N) is 1. The van der Waals surface area contributed by atoms with E-state index in [0.29, 0.717) is 23.8 Å². The number of carboxylic acid groups (broad SMARTS) is 1. The molecule has 1 heterocycles. The van der Waals surface area contributed by atoms with Gasteiger partial charge in [-0.15, -0.1) is 0 Å². The number of halogens is 2. The number of hydrogen-bond acceptors (Lipinski definition) is 6. The summed E-state index contributed by atoms with van der Waals surface area (Å²) in [5.41, 5.74) is 7.63. The lowest BCUT2D eigenvalue weighted by atomic mass is 9.91. The molecule has 0 bridgehead atoms. The van der Waals surface area contributed by atoms with Crippen LogP contribution in [0.15, 0.2) is 36.4 Å². The van der Waals surface area contributed by atoms with Crippen LogP contribution < -0.4 is 10.6 Å². The number of nitrogens with zero attached hydrogens (tertiary/aromatic N) is 1. The Morgan fingerprint density at radius 2 is 1.94 bits per heavy atom. The van der Waals surface area contributed by atoms with Gasteiger partial charge in [-0.25, -0.2) is 0 Å². The molecule has 2 aromatic carbocycles. The van der Waals surface area contributed by atoms with E-state index < -0.39 is 29.7 Å². The van der Waals surface area contributed by atoms with E-state index in [1.807, 2.05) is 12.1 Å². The zero-order chi connectivity index (χ0) is 24.1. The standard InChI is InChI=1S/C23H24Cl2N2O6/c1-2-21(28)27(22(29)17-10-16(24)5-6-18(17)25)11-14(8-19(26)23(30)31)7-13-3-4-15-12-32-33-20(15)9-13/h3-6,9-10,14,19H,2,7-8,11-12,26H2,1H3,(H,30,31)/t14?,19-/m1/s1. The molecule has 0 spiro atoms. The lowest BCUT2D eigenvalue weighted by Crippen LogP contribution is -2.43. The van der Waals surface area contributed by atoms with Crippen molar-refractivity contribution >= 4 is 41.0 Å². The largest absolute Gasteiger partial charge is 0.480 e. The molecule has 0 radical (unpaired) electrons. The molecule has 8 nitrogen and oxygen atoms in total. The molecule has 0 aromatic heterocycles. The summed E-state index contributed by atoms with van der Waals surface area (Å²) in [7, 11) is 0. The number of carbonyl (C=O) groups excluding carboxylic acids is 2. The summed E-state index contributed by atoms with van der Waals surface area (Å²) in [6.45, 7) is 1.94. The van der Waals surface area contributed by atoms with Gasteiger partial charge in [0.15, 0.2) is 5.75 Å². The van der Waals surface area contributed by atoms with Gasteiger partial charge >= 0.3 is 5.97 Å². The molecule has 1 aliphatic heterocycles. The van der Waals surface area contributed by atoms with Crippen molar-refractivity contribution in [1.29, 1.82) is 0 Å². The molecule has 0 saturated heterocycles. The molecule has 10 heteroatoms. The highest BCUT2D eigenvalue weighted by Crippen LogP contribution is 2.29. The summed E-state index contributed by atoms with van der Waals surface area (Å²) >= 11 is 12.2. The lowest BCUT2D eigenvalue weighted by molar-refractivity contribution is -0.194. The van der Waals surface area contributed by atoms with Gasteiger partial charge in [-0.2, -0.15) is 4.89 Å². The zero-order valence-corrected chi connectivity index (χ0v) is 19.4. The Hall–Kier alpha value is -2.65. The van der Waals surface area contributed by atoms with Crippen molar-refractivity contribution < 1.29 is 29.3 Å². The normalized spacial score (nSPS) is 14.2. The van der Waals surface area contributed by atoms with Crippen LogP contribution in [-0.2, 0) is 27.5 Å². The first-order valence-corrected chi connectivity index (χ1v) is 11.1. The maximum absolute atomic E-state index is 13.3. The van der Waals surface area contributed by atoms with E-state index in [9.17, 15) is 19.5 Å². The third kappa shape index (κ3) is 6.23. The zero-order valence-electron chi connectivity index (χ0n) is 17.9. The highest BCUT2D eigenvalue weighted by molar-refractivity contribution is 6.36. The van der Waals surface area contributed by atoms with Gasteiger partial charge in [-0.1, -0.05) is 42.3 Å². The third-order valence-corrected chi connectivity index (χ3v) is 5.94. The van der Waals surface area contributed by atoms with Crippen molar-refractivity contribution in [2.45, 2.75) is 38.8 Å². The predicted octanol–water partition coefficient (Wildman–Crippen LogP) is 3.86. The van der Waals surface area contributed by atoms with Crippen LogP contribution in [0.3, 0.4) is 0 Å². The van der Waals surface area contributed by atoms with Crippen LogP contribution in [0.2, 0.25) is 10.0 Å². The second-order valence-corrected chi connectivity index (χ2v) is 8.67. The van der Waals surface area contributed by atoms with Gasteiger partial charge in [0.2, 0.25) is 5.91 Å². The molecule has 1 aliphatic rings. The van der Waals surface area contributed by atoms with Gasteiger partial charge in [-0.3, -0.25) is 19.3 Å². The Labute approximate surface area is 201 Å². The number of rotatable bonds is 9. The second kappa shape index (κ2) is 11.0. The molecular formula is C23H24Cl2N2O6. The molecule has 176 valence electrons. The van der Waals surface area contributed by atoms with Crippen LogP contribution in [0, 0.1) is 5.92 Å². The number of benzene rings is 2. The van der Waals surface area contributed by atoms with Crippen LogP contribution in [-0.4, -0.2) is 40.4 Å². The SMILES string of the molecule is CCC(=O)N(CC(Cc1ccc2c(c1)OOC2)C[C@@H](N)C(=O)O)C(=O)c1cc(Cl)ccc1Cl. The van der Waals surface area contributed by atoms with Crippen LogP contribution in [0.25, 0.3) is 0 Å². The van der Waals surface area contributed by atoms with Crippen molar-refractivity contribution in [2.75, 3.05) is 6.54 Å². The van der Waals surface area contributed by atoms with Crippen LogP contribution >= 0.6 is 23.2 Å². The summed E-state index contributed by atoms with van der Waals surface area (Å²) in [5.74, 6) is -2.04. The maximum atomic E-state index is 13.3. The molecule has 0 aliphatic carbocycles. The number of carboxylic acids is 1. The molecule has 3 N–H and O–H groups in total. The van der Waals surface area contributed by atoms with Gasteiger partial charge in [0.25, 0.3) is 5.91 Å². The highest BCUT2D eigenvalue weighted by atomic mass is 35.5. The van der Waals surface area contributed by atoms with Crippen molar-refractivity contribution in [3.63, 3.8) is 0 Å². The Balaban J connectivity index is 1.89. The van der Waals surface area contributed by atoms with E-state index in [-0.39, 0.29) is 30.0 Å². The average Bonchev–Trinajstić information content (AvgIpc) is 3.25. The highest BCUT2D eigenvalue weighted by Gasteiger charge is 2.29. The van der Waals surface area contributed by atoms with Gasteiger partial charge in [-0.05, 0) is 48.6 Å². The molecule has 33 heavy (non-hydrogen) atoms. The van der Waals surface area contributed by atoms with Gasteiger partial charge in [0.05, 0.1) is 10.6 Å². The minimum Gasteiger partial charge on any atom is -0.480 e. The van der Waals surface area contributed by atoms with Crippen molar-refractivity contribution in [2.24, 2.45) is 11.7 Å². The number of imide groups is 1. The summed E-state index contributed by atoms with van der Waals surface area (Å²) in [4.78, 5) is 48.6. The topological polar surface area (TPSA) is 119 Å². The fourth-order valence-corrected chi connectivity index (χ4v) is 4.02. The molecular weight excluding hydrogens is 471 g/mol. The van der Waals surface area contributed by atoms with Gasteiger partial charge in [0.1, 0.15) is 12.6 Å². The quantitative estimate of drug-likeness (QED) is 0.507. The number of hydrogen-bond donors (Lipinski definition) is 2. The first kappa shape index (κ1) is 25.0. The predicted molar refractivity (Wildman–Crippen MR) is 122 cm³/mol. The fraction of sp³-hybridized carbons (Fsp3) is 0.348. The number of carbonyl (C=O) groups is 3. The smallest absolute Gasteiger partial charge is 0.320 e. The van der Waals surface area contributed by atoms with E-state index in [2.05, 4.69) is 0 Å². The van der Waals surface area contributed by atoms with Crippen LogP contribution in [0.1, 0.15) is 41.3 Å². The summed E-state index contributed by atoms with van der Waals surface area (Å²) in [6, 6.07) is 8.79. The Morgan fingerprint density at radius 3 is 2.64 bits per heavy atom. The molecule has 2 atom stereocenters. The van der Waals surface area contributed by atoms with Crippen LogP contribution in [0.5, 0.6) is 5.75 Å². The second-order valence-electron chi connectivity index (χ2n) is 7.83. The van der Waals surface area contributed by atoms with Crippen molar-refractivity contribution in [3.05, 3.63) is 63.1 Å². The molecule has 0 saturated carbocycles. The van der Waals surface area contributed by atoms with Gasteiger partial charge < -0.3 is 15.7 Å². The van der Waals surface area contributed by atoms with Crippen LogP contribution in [0.4, 0.5) is 0 Å². The fourth-order valence-electron chi connectivity index (χ4n) is 3.65. The van der Waals surface area contributed by atoms with Gasteiger partial charge in [0, 0.05) is 23.6 Å². The Morgan fingerprint density at radius 1 is 1.18 bits per heavy atom. The molecule has 2 aromatic rings. The van der Waals surface area contributed by atoms with E-state index >= 15 is 0 Å². The Bertz CT molecular complexity index is 1060. The molecule has 3 rings (SSSR count). The summed E-state index contributed by atoms with van der Waals surface area (Å²) in [6.07, 6.45) is 0.487. The maximum Gasteiger partial charge on any atom is 0.320 e. The first-order chi connectivity index (χ1) is 15.7. The number of fused-ring (bicyclic) bond motifs is 1. The van der Waals surface area contributed by atoms with Crippen molar-refractivity contribution in [3.8, 4) is 5.75 Å². The third-order valence-electron chi connectivity index (χ3n) is 5.37. The lowest BCUT2D eigenvalue weighted by Gasteiger charge is -2.27. The van der Waals surface area contributed by atoms with E-state index in [0.717, 1.165) is 16.0 Å². The molecule has 0 fully saturated rings. The minimum absolute atomic E-state index is 0.0379. The molecule has 2 amide bonds. The summed E-state index contributed by atoms with van der Waals surface area (Å²) < 4.78 is 0. The monoisotopic (exact) mass is 494 g/mol. The van der Waals surface area contributed by atoms with E-state index in [4.69, 9.17) is 38.7 Å². The average molecular weight is 495 g/mol. The minimum atomic E-state index is -1.16. The van der Waals surface area contributed by atoms with E-state index in [1.54, 1.807) is 19.1 Å².